The highest BCUT2D eigenvalue weighted by atomic mass is 32.2. The number of hydrogen-bond acceptors (Lipinski definition) is 5. The van der Waals surface area contributed by atoms with Crippen LogP contribution in [0.5, 0.6) is 0 Å². The number of aromatic nitrogens is 2. The Kier molecular flexibility index (Phi) is 4.81. The van der Waals surface area contributed by atoms with Crippen molar-refractivity contribution in [2.24, 2.45) is 0 Å². The molecule has 0 aliphatic carbocycles. The molecule has 1 heterocycles. The van der Waals surface area contributed by atoms with Gasteiger partial charge in [-0.15, -0.1) is 0 Å². The molecule has 0 aliphatic heterocycles. The summed E-state index contributed by atoms with van der Waals surface area (Å²) in [6.45, 7) is 3.78. The second-order valence-electron chi connectivity index (χ2n) is 4.45. The topological polar surface area (TPSA) is 101 Å². The molecular weight excluding hydrogens is 306 g/mol. The van der Waals surface area contributed by atoms with Crippen LogP contribution in [0, 0.1) is 0 Å². The molecule has 22 heavy (non-hydrogen) atoms. The lowest BCUT2D eigenvalue weighted by Crippen LogP contribution is -2.14. The summed E-state index contributed by atoms with van der Waals surface area (Å²) in [5.41, 5.74) is 1.29. The lowest BCUT2D eigenvalue weighted by molar-refractivity contribution is 0.0519. The van der Waals surface area contributed by atoms with Crippen LogP contribution in [-0.2, 0) is 21.2 Å². The molecule has 2 aromatic rings. The molecule has 0 saturated carbocycles. The van der Waals surface area contributed by atoms with Crippen LogP contribution in [-0.4, -0.2) is 31.2 Å². The Morgan fingerprint density at radius 2 is 2.05 bits per heavy atom. The van der Waals surface area contributed by atoms with E-state index in [-0.39, 0.29) is 17.3 Å². The average molecular weight is 323 g/mol. The molecule has 0 aliphatic rings. The van der Waals surface area contributed by atoms with E-state index in [4.69, 9.17) is 4.74 Å². The van der Waals surface area contributed by atoms with E-state index < -0.39 is 16.0 Å². The summed E-state index contributed by atoms with van der Waals surface area (Å²) in [7, 11) is -3.85. The van der Waals surface area contributed by atoms with E-state index in [1.165, 1.54) is 0 Å². The molecule has 0 spiro atoms. The molecule has 1 aromatic carbocycles. The van der Waals surface area contributed by atoms with E-state index in [1.54, 1.807) is 19.1 Å². The van der Waals surface area contributed by atoms with E-state index in [2.05, 4.69) is 14.9 Å². The van der Waals surface area contributed by atoms with E-state index >= 15 is 0 Å². The maximum absolute atomic E-state index is 12.3. The number of carbonyl (C=O) groups excluding carboxylic acids is 1. The minimum Gasteiger partial charge on any atom is -0.461 e. The van der Waals surface area contributed by atoms with Gasteiger partial charge in [0.1, 0.15) is 0 Å². The van der Waals surface area contributed by atoms with Gasteiger partial charge in [-0.1, -0.05) is 25.1 Å². The molecule has 0 unspecified atom stereocenters. The second-order valence-corrected chi connectivity index (χ2v) is 6.10. The zero-order valence-corrected chi connectivity index (χ0v) is 13.1. The average Bonchev–Trinajstić information content (AvgIpc) is 2.98. The van der Waals surface area contributed by atoms with Crippen molar-refractivity contribution in [2.75, 3.05) is 11.3 Å². The molecule has 2 rings (SSSR count). The van der Waals surface area contributed by atoms with Crippen molar-refractivity contribution in [1.29, 1.82) is 0 Å². The van der Waals surface area contributed by atoms with Gasteiger partial charge in [-0.2, -0.15) is 13.5 Å². The van der Waals surface area contributed by atoms with Crippen LogP contribution < -0.4 is 4.72 Å². The third kappa shape index (κ3) is 3.45. The van der Waals surface area contributed by atoms with Crippen LogP contribution in [0.4, 0.5) is 5.69 Å². The predicted octanol–water partition coefficient (Wildman–Crippen LogP) is 1.95. The molecule has 0 saturated heterocycles. The summed E-state index contributed by atoms with van der Waals surface area (Å²) < 4.78 is 31.9. The minimum absolute atomic E-state index is 0.0778. The van der Waals surface area contributed by atoms with Gasteiger partial charge in [-0.25, -0.2) is 4.79 Å². The van der Waals surface area contributed by atoms with Crippen LogP contribution in [0.15, 0.2) is 35.4 Å². The minimum atomic E-state index is -3.85. The number of ether oxygens (including phenoxy) is 1. The Morgan fingerprint density at radius 3 is 2.73 bits per heavy atom. The Labute approximate surface area is 128 Å². The van der Waals surface area contributed by atoms with Crippen molar-refractivity contribution in [3.05, 3.63) is 41.6 Å². The zero-order valence-electron chi connectivity index (χ0n) is 12.3. The predicted molar refractivity (Wildman–Crippen MR) is 81.2 cm³/mol. The van der Waals surface area contributed by atoms with Gasteiger partial charge >= 0.3 is 5.97 Å². The van der Waals surface area contributed by atoms with Crippen LogP contribution in [0.3, 0.4) is 0 Å². The van der Waals surface area contributed by atoms with E-state index in [0.717, 1.165) is 11.6 Å². The van der Waals surface area contributed by atoms with Gasteiger partial charge in [0.15, 0.2) is 10.7 Å². The highest BCUT2D eigenvalue weighted by molar-refractivity contribution is 7.92. The lowest BCUT2D eigenvalue weighted by atomic mass is 10.1. The van der Waals surface area contributed by atoms with Crippen molar-refractivity contribution in [2.45, 2.75) is 25.3 Å². The fourth-order valence-electron chi connectivity index (χ4n) is 1.88. The Hall–Kier alpha value is -2.35. The largest absolute Gasteiger partial charge is 0.461 e. The molecule has 1 aromatic heterocycles. The van der Waals surface area contributed by atoms with E-state index in [9.17, 15) is 13.2 Å². The quantitative estimate of drug-likeness (QED) is 0.791. The number of esters is 1. The number of H-pyrrole nitrogens is 1. The summed E-state index contributed by atoms with van der Waals surface area (Å²) in [6.07, 6.45) is 0.690. The van der Waals surface area contributed by atoms with Crippen LogP contribution in [0.2, 0.25) is 0 Å². The van der Waals surface area contributed by atoms with Crippen molar-refractivity contribution in [3.8, 4) is 0 Å². The summed E-state index contributed by atoms with van der Waals surface area (Å²) in [5, 5.41) is 5.82. The number of sulfonamides is 1. The highest BCUT2D eigenvalue weighted by Gasteiger charge is 2.21. The number of para-hydroxylation sites is 1. The summed E-state index contributed by atoms with van der Waals surface area (Å²) in [4.78, 5) is 11.5. The maximum atomic E-state index is 12.3. The van der Waals surface area contributed by atoms with Crippen LogP contribution in [0.25, 0.3) is 0 Å². The molecule has 0 amide bonds. The maximum Gasteiger partial charge on any atom is 0.358 e. The van der Waals surface area contributed by atoms with E-state index in [0.29, 0.717) is 12.1 Å². The van der Waals surface area contributed by atoms with Crippen LogP contribution in [0.1, 0.15) is 29.9 Å². The molecule has 8 heteroatoms. The van der Waals surface area contributed by atoms with Gasteiger partial charge in [0.25, 0.3) is 10.0 Å². The smallest absolute Gasteiger partial charge is 0.358 e. The molecular formula is C14H17N3O4S. The molecule has 0 fully saturated rings. The summed E-state index contributed by atoms with van der Waals surface area (Å²) in [6, 6.07) is 8.25. The number of nitrogens with one attached hydrogen (secondary N) is 2. The van der Waals surface area contributed by atoms with Crippen molar-refractivity contribution < 1.29 is 17.9 Å². The lowest BCUT2D eigenvalue weighted by Gasteiger charge is -2.10. The summed E-state index contributed by atoms with van der Waals surface area (Å²) in [5.74, 6) is -0.672. The Balaban J connectivity index is 2.26. The van der Waals surface area contributed by atoms with Gasteiger partial charge in [-0.05, 0) is 25.0 Å². The molecule has 0 radical (unpaired) electrons. The monoisotopic (exact) mass is 323 g/mol. The highest BCUT2D eigenvalue weighted by Crippen LogP contribution is 2.20. The van der Waals surface area contributed by atoms with Gasteiger partial charge in [0, 0.05) is 6.07 Å². The fraction of sp³-hybridized carbons (Fsp3) is 0.286. The molecule has 0 bridgehead atoms. The molecule has 7 nitrogen and oxygen atoms in total. The first kappa shape index (κ1) is 16.0. The van der Waals surface area contributed by atoms with Gasteiger partial charge in [0.05, 0.1) is 12.3 Å². The number of hydrogen-bond donors (Lipinski definition) is 2. The molecule has 118 valence electrons. The van der Waals surface area contributed by atoms with Gasteiger partial charge in [0.2, 0.25) is 0 Å². The number of rotatable bonds is 6. The van der Waals surface area contributed by atoms with Crippen molar-refractivity contribution in [1.82, 2.24) is 10.2 Å². The second kappa shape index (κ2) is 6.61. The van der Waals surface area contributed by atoms with Crippen LogP contribution >= 0.6 is 0 Å². The molecule has 0 atom stereocenters. The van der Waals surface area contributed by atoms with Crippen molar-refractivity contribution in [3.63, 3.8) is 0 Å². The van der Waals surface area contributed by atoms with E-state index in [1.807, 2.05) is 19.1 Å². The zero-order chi connectivity index (χ0) is 16.2. The number of carbonyl (C=O) groups is 1. The standard InChI is InChI=1S/C14H17N3O4S/c1-3-10-7-5-6-8-11(10)17-22(19,20)13-9-12(15-16-13)14(18)21-4-2/h5-9,17H,3-4H2,1-2H3,(H,15,16). The molecule has 2 N–H and O–H groups in total. The SMILES string of the molecule is CCOC(=O)c1cc(S(=O)(=O)Nc2ccccc2CC)[nH]n1. The number of aromatic amines is 1. The first-order valence-corrected chi connectivity index (χ1v) is 8.29. The number of benzene rings is 1. The fourth-order valence-corrected chi connectivity index (χ4v) is 2.91. The van der Waals surface area contributed by atoms with Gasteiger partial charge in [-0.3, -0.25) is 9.82 Å². The normalized spacial score (nSPS) is 11.2. The summed E-state index contributed by atoms with van der Waals surface area (Å²) >= 11 is 0. The first-order chi connectivity index (χ1) is 10.5. The first-order valence-electron chi connectivity index (χ1n) is 6.81. The number of anilines is 1. The third-order valence-electron chi connectivity index (χ3n) is 2.97. The van der Waals surface area contributed by atoms with Gasteiger partial charge < -0.3 is 4.74 Å². The third-order valence-corrected chi connectivity index (χ3v) is 4.25. The Bertz CT molecular complexity index is 768. The Morgan fingerprint density at radius 1 is 1.32 bits per heavy atom. The van der Waals surface area contributed by atoms with Crippen molar-refractivity contribution >= 4 is 21.7 Å². The number of aryl methyl sites for hydroxylation is 1. The number of nitrogens with zero attached hydrogens (tertiary/aromatic N) is 1.